The van der Waals surface area contributed by atoms with Gasteiger partial charge in [-0.15, -0.1) is 0 Å². The molecule has 0 spiro atoms. The molecule has 0 unspecified atom stereocenters. The first kappa shape index (κ1) is 20.4. The van der Waals surface area contributed by atoms with E-state index in [0.717, 1.165) is 6.21 Å². The van der Waals surface area contributed by atoms with Gasteiger partial charge < -0.3 is 9.47 Å². The number of esters is 2. The average molecular weight is 322 g/mol. The van der Waals surface area contributed by atoms with E-state index < -0.39 is 23.9 Å². The van der Waals surface area contributed by atoms with Crippen molar-refractivity contribution in [2.75, 3.05) is 13.2 Å². The Morgan fingerprint density at radius 1 is 0.957 bits per heavy atom. The number of ether oxygens (including phenoxy) is 2. The van der Waals surface area contributed by atoms with Gasteiger partial charge in [0.1, 0.15) is 0 Å². The predicted molar refractivity (Wildman–Crippen MR) is 87.7 cm³/mol. The predicted octanol–water partition coefficient (Wildman–Crippen LogP) is 2.51. The number of nitrogens with zero attached hydrogens (tertiary/aromatic N) is 2. The van der Waals surface area contributed by atoms with Gasteiger partial charge in [-0.1, -0.05) is 12.2 Å². The number of aliphatic imine (C=N–C) groups is 2. The molecule has 0 rings (SSSR count). The van der Waals surface area contributed by atoms with E-state index in [4.69, 9.17) is 9.47 Å². The monoisotopic (exact) mass is 322 g/mol. The molecule has 0 aromatic carbocycles. The van der Waals surface area contributed by atoms with Crippen LogP contribution in [-0.4, -0.2) is 43.1 Å². The molecule has 7 heteroatoms. The fourth-order valence-corrected chi connectivity index (χ4v) is 1.43. The Morgan fingerprint density at radius 2 is 1.43 bits per heavy atom. The number of rotatable bonds is 7. The third kappa shape index (κ3) is 8.45. The number of hydrogen-bond donors (Lipinski definition) is 0. The van der Waals surface area contributed by atoms with Crippen LogP contribution in [-0.2, 0) is 19.1 Å². The SMILES string of the molecule is C/C=C\C(/C=C\C)=NC(=O)N=CC(C(=O)OCC)C(=O)OCC. The second-order valence-electron chi connectivity index (χ2n) is 4.08. The summed E-state index contributed by atoms with van der Waals surface area (Å²) in [6.45, 7) is 6.97. The zero-order valence-electron chi connectivity index (χ0n) is 13.8. The molecule has 0 saturated carbocycles. The lowest BCUT2D eigenvalue weighted by Gasteiger charge is -2.09. The number of carbonyl (C=O) groups excluding carboxylic acids is 3. The molecule has 0 fully saturated rings. The normalized spacial score (nSPS) is 11.3. The molecule has 23 heavy (non-hydrogen) atoms. The summed E-state index contributed by atoms with van der Waals surface area (Å²) in [4.78, 5) is 42.4. The van der Waals surface area contributed by atoms with E-state index in [0.29, 0.717) is 5.71 Å². The second kappa shape index (κ2) is 12.0. The van der Waals surface area contributed by atoms with Crippen molar-refractivity contribution < 1.29 is 23.9 Å². The zero-order chi connectivity index (χ0) is 17.7. The van der Waals surface area contributed by atoms with Gasteiger partial charge in [0.15, 0.2) is 5.92 Å². The van der Waals surface area contributed by atoms with Crippen molar-refractivity contribution in [2.24, 2.45) is 15.9 Å². The largest absolute Gasteiger partial charge is 0.465 e. The molecule has 0 aliphatic rings. The van der Waals surface area contributed by atoms with E-state index in [2.05, 4.69) is 9.98 Å². The molecule has 0 aliphatic carbocycles. The van der Waals surface area contributed by atoms with Crippen LogP contribution in [0.15, 0.2) is 34.3 Å². The minimum absolute atomic E-state index is 0.0986. The van der Waals surface area contributed by atoms with Crippen LogP contribution in [0.25, 0.3) is 0 Å². The van der Waals surface area contributed by atoms with Crippen molar-refractivity contribution in [2.45, 2.75) is 27.7 Å². The van der Waals surface area contributed by atoms with E-state index in [9.17, 15) is 14.4 Å². The quantitative estimate of drug-likeness (QED) is 0.408. The lowest BCUT2D eigenvalue weighted by molar-refractivity contribution is -0.157. The first-order valence-corrected chi connectivity index (χ1v) is 7.25. The Hall–Kier alpha value is -2.57. The highest BCUT2D eigenvalue weighted by Gasteiger charge is 2.28. The van der Waals surface area contributed by atoms with E-state index in [1.54, 1.807) is 52.0 Å². The molecular formula is C16H22N2O5. The number of urea groups is 1. The van der Waals surface area contributed by atoms with Gasteiger partial charge in [0.25, 0.3) is 0 Å². The number of allylic oxidation sites excluding steroid dienone is 4. The molecule has 0 atom stereocenters. The average Bonchev–Trinajstić information content (AvgIpc) is 2.48. The Balaban J connectivity index is 5.20. The van der Waals surface area contributed by atoms with Gasteiger partial charge >= 0.3 is 18.0 Å². The van der Waals surface area contributed by atoms with Crippen molar-refractivity contribution in [3.63, 3.8) is 0 Å². The lowest BCUT2D eigenvalue weighted by Crippen LogP contribution is -2.29. The van der Waals surface area contributed by atoms with Crippen molar-refractivity contribution in [1.82, 2.24) is 0 Å². The molecule has 126 valence electrons. The summed E-state index contributed by atoms with van der Waals surface area (Å²) < 4.78 is 9.52. The van der Waals surface area contributed by atoms with Crippen LogP contribution in [0.2, 0.25) is 0 Å². The maximum Gasteiger partial charge on any atom is 0.367 e. The summed E-state index contributed by atoms with van der Waals surface area (Å²) in [6, 6.07) is -0.838. The molecule has 0 saturated heterocycles. The van der Waals surface area contributed by atoms with Crippen LogP contribution >= 0.6 is 0 Å². The number of amides is 2. The summed E-state index contributed by atoms with van der Waals surface area (Å²) in [6.07, 6.45) is 7.58. The minimum Gasteiger partial charge on any atom is -0.465 e. The first-order chi connectivity index (χ1) is 11.0. The highest BCUT2D eigenvalue weighted by atomic mass is 16.6. The van der Waals surface area contributed by atoms with Crippen molar-refractivity contribution >= 4 is 29.9 Å². The van der Waals surface area contributed by atoms with Crippen LogP contribution in [0.4, 0.5) is 4.79 Å². The summed E-state index contributed by atoms with van der Waals surface area (Å²) >= 11 is 0. The van der Waals surface area contributed by atoms with Crippen LogP contribution in [0.1, 0.15) is 27.7 Å². The van der Waals surface area contributed by atoms with Gasteiger partial charge in [0, 0.05) is 6.21 Å². The van der Waals surface area contributed by atoms with Gasteiger partial charge in [-0.25, -0.2) is 9.79 Å². The number of carbonyl (C=O) groups is 3. The summed E-state index contributed by atoms with van der Waals surface area (Å²) in [5, 5.41) is 0. The van der Waals surface area contributed by atoms with Gasteiger partial charge in [-0.3, -0.25) is 9.59 Å². The highest BCUT2D eigenvalue weighted by Crippen LogP contribution is 2.02. The van der Waals surface area contributed by atoms with E-state index >= 15 is 0 Å². The zero-order valence-corrected chi connectivity index (χ0v) is 13.8. The molecule has 7 nitrogen and oxygen atoms in total. The van der Waals surface area contributed by atoms with Crippen molar-refractivity contribution in [1.29, 1.82) is 0 Å². The molecule has 0 N–H and O–H groups in total. The van der Waals surface area contributed by atoms with Crippen LogP contribution in [0.5, 0.6) is 0 Å². The topological polar surface area (TPSA) is 94.4 Å². The van der Waals surface area contributed by atoms with Gasteiger partial charge in [0.2, 0.25) is 0 Å². The third-order valence-electron chi connectivity index (χ3n) is 2.31. The molecule has 0 aromatic heterocycles. The van der Waals surface area contributed by atoms with Gasteiger partial charge in [0.05, 0.1) is 18.9 Å². The molecule has 0 radical (unpaired) electrons. The first-order valence-electron chi connectivity index (χ1n) is 7.25. The second-order valence-corrected chi connectivity index (χ2v) is 4.08. The molecular weight excluding hydrogens is 300 g/mol. The molecule has 0 heterocycles. The van der Waals surface area contributed by atoms with E-state index in [-0.39, 0.29) is 13.2 Å². The summed E-state index contributed by atoms with van der Waals surface area (Å²) in [7, 11) is 0. The Morgan fingerprint density at radius 3 is 1.83 bits per heavy atom. The Kier molecular flexibility index (Phi) is 10.7. The van der Waals surface area contributed by atoms with Crippen molar-refractivity contribution in [3.05, 3.63) is 24.3 Å². The minimum atomic E-state index is -1.39. The highest BCUT2D eigenvalue weighted by molar-refractivity contribution is 6.13. The van der Waals surface area contributed by atoms with Crippen LogP contribution in [0.3, 0.4) is 0 Å². The van der Waals surface area contributed by atoms with Gasteiger partial charge in [-0.05, 0) is 39.8 Å². The number of hydrogen-bond acceptors (Lipinski definition) is 5. The van der Waals surface area contributed by atoms with Gasteiger partial charge in [-0.2, -0.15) is 4.99 Å². The third-order valence-corrected chi connectivity index (χ3v) is 2.31. The summed E-state index contributed by atoms with van der Waals surface area (Å²) in [5.74, 6) is -3.04. The lowest BCUT2D eigenvalue weighted by atomic mass is 10.2. The fourth-order valence-electron chi connectivity index (χ4n) is 1.43. The van der Waals surface area contributed by atoms with E-state index in [1.807, 2.05) is 0 Å². The summed E-state index contributed by atoms with van der Waals surface area (Å²) in [5.41, 5.74) is 0.404. The maximum atomic E-state index is 11.7. The van der Waals surface area contributed by atoms with E-state index in [1.165, 1.54) is 0 Å². The van der Waals surface area contributed by atoms with Crippen LogP contribution < -0.4 is 0 Å². The Labute approximate surface area is 135 Å². The fraction of sp³-hybridized carbons (Fsp3) is 0.438. The van der Waals surface area contributed by atoms with Crippen LogP contribution in [0, 0.1) is 5.92 Å². The maximum absolute atomic E-state index is 11.7. The molecule has 2 amide bonds. The Bertz CT molecular complexity index is 501. The molecule has 0 aromatic rings. The smallest absolute Gasteiger partial charge is 0.367 e. The molecule has 0 aliphatic heterocycles. The van der Waals surface area contributed by atoms with Crippen molar-refractivity contribution in [3.8, 4) is 0 Å². The standard InChI is InChI=1S/C16H22N2O5/c1-5-9-12(10-6-2)18-16(21)17-11-13(14(19)22-7-3)15(20)23-8-4/h5-6,9-11,13H,7-8H2,1-4H3/b9-5-,10-6-,17-11?. The molecule has 0 bridgehead atoms.